The Hall–Kier alpha value is -0.650. The van der Waals surface area contributed by atoms with Crippen LogP contribution in [0.4, 0.5) is 5.69 Å². The van der Waals surface area contributed by atoms with Crippen molar-refractivity contribution in [3.63, 3.8) is 0 Å². The molecule has 1 heterocycles. The molecule has 0 aliphatic heterocycles. The van der Waals surface area contributed by atoms with Crippen molar-refractivity contribution in [3.05, 3.63) is 39.0 Å². The van der Waals surface area contributed by atoms with Gasteiger partial charge in [-0.05, 0) is 47.1 Å². The van der Waals surface area contributed by atoms with E-state index < -0.39 is 0 Å². The molecule has 0 atom stereocenters. The third-order valence-electron chi connectivity index (χ3n) is 2.29. The van der Waals surface area contributed by atoms with Gasteiger partial charge in [0.2, 0.25) is 0 Å². The van der Waals surface area contributed by atoms with E-state index in [9.17, 15) is 0 Å². The minimum atomic E-state index is 0.673. The predicted octanol–water partition coefficient (Wildman–Crippen LogP) is 4.78. The lowest BCUT2D eigenvalue weighted by atomic mass is 10.3. The van der Waals surface area contributed by atoms with Crippen molar-refractivity contribution < 1.29 is 4.74 Å². The van der Waals surface area contributed by atoms with Crippen LogP contribution in [0, 0.1) is 0 Å². The highest BCUT2D eigenvalue weighted by Gasteiger charge is 2.05. The van der Waals surface area contributed by atoms with Gasteiger partial charge in [0.1, 0.15) is 5.75 Å². The van der Waals surface area contributed by atoms with Crippen LogP contribution < -0.4 is 10.5 Å². The van der Waals surface area contributed by atoms with Crippen LogP contribution in [0.5, 0.6) is 5.75 Å². The lowest BCUT2D eigenvalue weighted by Crippen LogP contribution is -1.94. The van der Waals surface area contributed by atoms with Crippen molar-refractivity contribution in [2.45, 2.75) is 17.6 Å². The number of thioether (sulfide) groups is 1. The zero-order valence-corrected chi connectivity index (χ0v) is 13.2. The molecular formula is C13H14BrNOS2. The zero-order valence-electron chi connectivity index (χ0n) is 9.98. The molecule has 0 amide bonds. The molecule has 0 unspecified atom stereocenters. The Kier molecular flexibility index (Phi) is 4.97. The molecule has 2 nitrogen and oxygen atoms in total. The lowest BCUT2D eigenvalue weighted by molar-refractivity contribution is 0.339. The third kappa shape index (κ3) is 3.67. The lowest BCUT2D eigenvalue weighted by Gasteiger charge is -2.08. The van der Waals surface area contributed by atoms with E-state index >= 15 is 0 Å². The number of hydrogen-bond acceptors (Lipinski definition) is 4. The first kappa shape index (κ1) is 13.8. The van der Waals surface area contributed by atoms with Gasteiger partial charge in [0.15, 0.2) is 0 Å². The van der Waals surface area contributed by atoms with Gasteiger partial charge in [0.05, 0.1) is 6.61 Å². The second-order valence-electron chi connectivity index (χ2n) is 3.65. The highest BCUT2D eigenvalue weighted by molar-refractivity contribution is 9.10. The Balaban J connectivity index is 2.05. The zero-order chi connectivity index (χ0) is 13.0. The maximum absolute atomic E-state index is 5.97. The quantitative estimate of drug-likeness (QED) is 0.626. The number of thiophene rings is 1. The average Bonchev–Trinajstić information content (AvgIpc) is 2.76. The molecule has 0 aliphatic rings. The summed E-state index contributed by atoms with van der Waals surface area (Å²) in [6.07, 6.45) is 0. The molecule has 2 N–H and O–H groups in total. The van der Waals surface area contributed by atoms with E-state index in [0.29, 0.717) is 6.61 Å². The summed E-state index contributed by atoms with van der Waals surface area (Å²) >= 11 is 6.95. The van der Waals surface area contributed by atoms with Crippen molar-refractivity contribution in [2.24, 2.45) is 0 Å². The minimum Gasteiger partial charge on any atom is -0.494 e. The van der Waals surface area contributed by atoms with E-state index in [1.807, 2.05) is 25.1 Å². The summed E-state index contributed by atoms with van der Waals surface area (Å²) in [4.78, 5) is 2.40. The fourth-order valence-corrected chi connectivity index (χ4v) is 3.97. The van der Waals surface area contributed by atoms with Gasteiger partial charge in [-0.1, -0.05) is 0 Å². The van der Waals surface area contributed by atoms with E-state index in [1.165, 1.54) is 4.88 Å². The molecule has 0 fully saturated rings. The van der Waals surface area contributed by atoms with Crippen LogP contribution >= 0.6 is 39.0 Å². The predicted molar refractivity (Wildman–Crippen MR) is 83.6 cm³/mol. The van der Waals surface area contributed by atoms with Gasteiger partial charge in [-0.2, -0.15) is 0 Å². The Morgan fingerprint density at radius 1 is 1.39 bits per heavy atom. The van der Waals surface area contributed by atoms with Crippen LogP contribution in [-0.2, 0) is 5.75 Å². The third-order valence-corrected chi connectivity index (χ3v) is 5.29. The monoisotopic (exact) mass is 343 g/mol. The van der Waals surface area contributed by atoms with Gasteiger partial charge < -0.3 is 10.5 Å². The Morgan fingerprint density at radius 2 is 2.22 bits per heavy atom. The number of nitrogen functional groups attached to an aromatic ring is 1. The summed E-state index contributed by atoms with van der Waals surface area (Å²) in [6.45, 7) is 2.65. The summed E-state index contributed by atoms with van der Waals surface area (Å²) in [5.74, 6) is 1.80. The van der Waals surface area contributed by atoms with Crippen LogP contribution in [0.3, 0.4) is 0 Å². The van der Waals surface area contributed by atoms with E-state index in [4.69, 9.17) is 10.5 Å². The number of benzene rings is 1. The minimum absolute atomic E-state index is 0.673. The Bertz CT molecular complexity index is 527. The van der Waals surface area contributed by atoms with Gasteiger partial charge in [-0.15, -0.1) is 23.1 Å². The molecule has 0 radical (unpaired) electrons. The summed E-state index contributed by atoms with van der Waals surface area (Å²) in [5.41, 5.74) is 6.78. The molecule has 1 aromatic carbocycles. The average molecular weight is 344 g/mol. The van der Waals surface area contributed by atoms with Crippen LogP contribution in [0.2, 0.25) is 0 Å². The van der Waals surface area contributed by atoms with Crippen molar-refractivity contribution in [1.29, 1.82) is 0 Å². The Labute approximate surface area is 124 Å². The first-order valence-corrected chi connectivity index (χ1v) is 8.23. The van der Waals surface area contributed by atoms with Crippen LogP contribution in [0.25, 0.3) is 0 Å². The molecule has 2 aromatic rings. The van der Waals surface area contributed by atoms with Gasteiger partial charge in [0, 0.05) is 31.1 Å². The van der Waals surface area contributed by atoms with Gasteiger partial charge in [-0.3, -0.25) is 0 Å². The number of ether oxygens (including phenoxy) is 1. The molecule has 0 spiro atoms. The maximum Gasteiger partial charge on any atom is 0.120 e. The first-order valence-electron chi connectivity index (χ1n) is 5.57. The van der Waals surface area contributed by atoms with Crippen LogP contribution in [-0.4, -0.2) is 6.61 Å². The number of hydrogen-bond donors (Lipinski definition) is 1. The van der Waals surface area contributed by atoms with Crippen molar-refractivity contribution in [1.82, 2.24) is 0 Å². The van der Waals surface area contributed by atoms with E-state index in [0.717, 1.165) is 26.6 Å². The standard InChI is InChI=1S/C13H14BrNOS2/c1-2-16-10-3-4-12(15)13(6-10)18-8-11-5-9(14)7-17-11/h3-7H,2,8,15H2,1H3. The van der Waals surface area contributed by atoms with Gasteiger partial charge >= 0.3 is 0 Å². The van der Waals surface area contributed by atoms with Gasteiger partial charge in [0.25, 0.3) is 0 Å². The second kappa shape index (κ2) is 6.50. The van der Waals surface area contributed by atoms with Crippen LogP contribution in [0.15, 0.2) is 39.0 Å². The topological polar surface area (TPSA) is 35.2 Å². The maximum atomic E-state index is 5.97. The molecule has 1 aromatic heterocycles. The second-order valence-corrected chi connectivity index (χ2v) is 6.58. The fraction of sp³-hybridized carbons (Fsp3) is 0.231. The highest BCUT2D eigenvalue weighted by Crippen LogP contribution is 2.33. The molecule has 5 heteroatoms. The smallest absolute Gasteiger partial charge is 0.120 e. The highest BCUT2D eigenvalue weighted by atomic mass is 79.9. The molecule has 0 saturated carbocycles. The molecule has 0 bridgehead atoms. The molecular weight excluding hydrogens is 330 g/mol. The fourth-order valence-electron chi connectivity index (χ4n) is 1.47. The SMILES string of the molecule is CCOc1ccc(N)c(SCc2cc(Br)cs2)c1. The van der Waals surface area contributed by atoms with Crippen molar-refractivity contribution in [2.75, 3.05) is 12.3 Å². The summed E-state index contributed by atoms with van der Waals surface area (Å²) in [6, 6.07) is 7.95. The first-order chi connectivity index (χ1) is 8.69. The Morgan fingerprint density at radius 3 is 2.89 bits per heavy atom. The molecule has 96 valence electrons. The molecule has 2 rings (SSSR count). The van der Waals surface area contributed by atoms with Crippen molar-refractivity contribution >= 4 is 44.7 Å². The normalized spacial score (nSPS) is 10.6. The summed E-state index contributed by atoms with van der Waals surface area (Å²) in [7, 11) is 0. The van der Waals surface area contributed by atoms with E-state index in [-0.39, 0.29) is 0 Å². The largest absolute Gasteiger partial charge is 0.494 e. The summed E-state index contributed by atoms with van der Waals surface area (Å²) in [5, 5.41) is 2.09. The van der Waals surface area contributed by atoms with Crippen molar-refractivity contribution in [3.8, 4) is 5.75 Å². The van der Waals surface area contributed by atoms with Crippen LogP contribution in [0.1, 0.15) is 11.8 Å². The van der Waals surface area contributed by atoms with E-state index in [1.54, 1.807) is 23.1 Å². The molecule has 0 saturated heterocycles. The number of nitrogens with two attached hydrogens (primary N) is 1. The van der Waals surface area contributed by atoms with E-state index in [2.05, 4.69) is 27.4 Å². The molecule has 0 aliphatic carbocycles. The summed E-state index contributed by atoms with van der Waals surface area (Å²) < 4.78 is 6.62. The van der Waals surface area contributed by atoms with Gasteiger partial charge in [-0.25, -0.2) is 0 Å². The number of halogens is 1. The molecule has 18 heavy (non-hydrogen) atoms. The number of rotatable bonds is 5. The number of anilines is 1.